The molecule has 1 atom stereocenters. The van der Waals surface area contributed by atoms with Crippen LogP contribution in [0.1, 0.15) is 30.5 Å². The second kappa shape index (κ2) is 14.5. The highest BCUT2D eigenvalue weighted by atomic mass is 79.9. The maximum Gasteiger partial charge on any atom is 0.243 e. The molecule has 0 saturated carbocycles. The van der Waals surface area contributed by atoms with Gasteiger partial charge in [-0.05, 0) is 40.8 Å². The van der Waals surface area contributed by atoms with Crippen molar-refractivity contribution >= 4 is 51.1 Å². The van der Waals surface area contributed by atoms with E-state index in [2.05, 4.69) is 35.1 Å². The van der Waals surface area contributed by atoms with Crippen LogP contribution >= 0.6 is 39.3 Å². The lowest BCUT2D eigenvalue weighted by Gasteiger charge is -2.32. The number of amides is 2. The number of benzene rings is 3. The molecule has 0 aliphatic heterocycles. The Balaban J connectivity index is 1.84. The molecule has 0 heterocycles. The van der Waals surface area contributed by atoms with E-state index >= 15 is 0 Å². The number of hydrogen-bond donors (Lipinski definition) is 1. The summed E-state index contributed by atoms with van der Waals surface area (Å²) in [5.74, 6) is 0.989. The van der Waals surface area contributed by atoms with Crippen molar-refractivity contribution < 1.29 is 9.59 Å². The molecule has 0 aliphatic rings. The summed E-state index contributed by atoms with van der Waals surface area (Å²) < 4.78 is 0.968. The van der Waals surface area contributed by atoms with E-state index in [1.165, 1.54) is 11.8 Å². The lowest BCUT2D eigenvalue weighted by Crippen LogP contribution is -2.51. The van der Waals surface area contributed by atoms with E-state index in [1.54, 1.807) is 4.90 Å². The van der Waals surface area contributed by atoms with E-state index in [4.69, 9.17) is 11.6 Å². The van der Waals surface area contributed by atoms with E-state index in [9.17, 15) is 9.59 Å². The van der Waals surface area contributed by atoms with Crippen molar-refractivity contribution in [2.45, 2.75) is 38.6 Å². The minimum absolute atomic E-state index is 0.0735. The summed E-state index contributed by atoms with van der Waals surface area (Å²) in [6, 6.07) is 24.8. The smallest absolute Gasteiger partial charge is 0.243 e. The molecule has 0 fully saturated rings. The zero-order valence-electron chi connectivity index (χ0n) is 20.6. The summed E-state index contributed by atoms with van der Waals surface area (Å²) in [6.45, 7) is 5.03. The number of rotatable bonds is 12. The van der Waals surface area contributed by atoms with Crippen molar-refractivity contribution in [1.82, 2.24) is 10.2 Å². The predicted octanol–water partition coefficient (Wildman–Crippen LogP) is 6.75. The van der Waals surface area contributed by atoms with Crippen LogP contribution < -0.4 is 5.32 Å². The summed E-state index contributed by atoms with van der Waals surface area (Å²) in [6.07, 6.45) is 0.447. The lowest BCUT2D eigenvalue weighted by molar-refractivity contribution is -0.139. The third-order valence-electron chi connectivity index (χ3n) is 5.66. The van der Waals surface area contributed by atoms with Crippen molar-refractivity contribution in [3.63, 3.8) is 0 Å². The van der Waals surface area contributed by atoms with Crippen LogP contribution in [0.5, 0.6) is 0 Å². The maximum atomic E-state index is 13.6. The largest absolute Gasteiger partial charge is 0.354 e. The minimum Gasteiger partial charge on any atom is -0.354 e. The van der Waals surface area contributed by atoms with Crippen LogP contribution in [0.2, 0.25) is 5.02 Å². The molecule has 1 N–H and O–H groups in total. The van der Waals surface area contributed by atoms with Crippen LogP contribution in [-0.2, 0) is 28.3 Å². The van der Waals surface area contributed by atoms with Crippen LogP contribution in [0.3, 0.4) is 0 Å². The summed E-state index contributed by atoms with van der Waals surface area (Å²) in [5, 5.41) is 3.75. The molecular weight excluding hydrogens is 556 g/mol. The standard InChI is InChI=1S/C29H32BrClN2O2S/c1-21(2)17-32-29(35)27(16-22-8-4-3-5-9-22)33(18-23-12-14-25(30)15-13-23)28(34)20-36-19-24-10-6-7-11-26(24)31/h3-15,21,27H,16-20H2,1-2H3,(H,32,35). The molecule has 1 unspecified atom stereocenters. The van der Waals surface area contributed by atoms with Gasteiger partial charge in [0.05, 0.1) is 5.75 Å². The first-order valence-electron chi connectivity index (χ1n) is 12.0. The van der Waals surface area contributed by atoms with Gasteiger partial charge in [0.1, 0.15) is 6.04 Å². The molecule has 7 heteroatoms. The molecule has 190 valence electrons. The molecule has 0 radical (unpaired) electrons. The van der Waals surface area contributed by atoms with Crippen LogP contribution in [0, 0.1) is 5.92 Å². The predicted molar refractivity (Wildman–Crippen MR) is 154 cm³/mol. The Morgan fingerprint density at radius 2 is 1.61 bits per heavy atom. The third kappa shape index (κ3) is 8.99. The highest BCUT2D eigenvalue weighted by Gasteiger charge is 2.30. The van der Waals surface area contributed by atoms with Gasteiger partial charge < -0.3 is 10.2 Å². The Bertz CT molecular complexity index is 1130. The van der Waals surface area contributed by atoms with Gasteiger partial charge in [0.15, 0.2) is 0 Å². The van der Waals surface area contributed by atoms with E-state index in [0.29, 0.717) is 36.2 Å². The van der Waals surface area contributed by atoms with E-state index in [-0.39, 0.29) is 17.6 Å². The SMILES string of the molecule is CC(C)CNC(=O)C(Cc1ccccc1)N(Cc1ccc(Br)cc1)C(=O)CSCc1ccccc1Cl. The second-order valence-electron chi connectivity index (χ2n) is 9.08. The molecule has 3 aromatic carbocycles. The molecule has 0 aliphatic carbocycles. The fourth-order valence-corrected chi connectivity index (χ4v) is 5.17. The number of nitrogens with zero attached hydrogens (tertiary/aromatic N) is 1. The second-order valence-corrected chi connectivity index (χ2v) is 11.4. The number of carbonyl (C=O) groups is 2. The molecule has 3 aromatic rings. The molecule has 0 spiro atoms. The van der Waals surface area contributed by atoms with E-state index < -0.39 is 6.04 Å². The number of halogens is 2. The van der Waals surface area contributed by atoms with Gasteiger partial charge in [0.2, 0.25) is 11.8 Å². The Morgan fingerprint density at radius 1 is 0.944 bits per heavy atom. The van der Waals surface area contributed by atoms with Gasteiger partial charge in [0, 0.05) is 34.8 Å². The van der Waals surface area contributed by atoms with Gasteiger partial charge in [-0.15, -0.1) is 11.8 Å². The lowest BCUT2D eigenvalue weighted by atomic mass is 10.0. The van der Waals surface area contributed by atoms with E-state index in [0.717, 1.165) is 21.2 Å². The van der Waals surface area contributed by atoms with Gasteiger partial charge in [-0.3, -0.25) is 9.59 Å². The van der Waals surface area contributed by atoms with Gasteiger partial charge >= 0.3 is 0 Å². The first-order chi connectivity index (χ1) is 17.3. The van der Waals surface area contributed by atoms with Crippen LogP contribution in [-0.4, -0.2) is 35.1 Å². The number of thioether (sulfide) groups is 1. The monoisotopic (exact) mass is 586 g/mol. The zero-order chi connectivity index (χ0) is 25.9. The highest BCUT2D eigenvalue weighted by Crippen LogP contribution is 2.23. The number of hydrogen-bond acceptors (Lipinski definition) is 3. The Morgan fingerprint density at radius 3 is 2.28 bits per heavy atom. The van der Waals surface area contributed by atoms with Crippen molar-refractivity contribution in [1.29, 1.82) is 0 Å². The molecular formula is C29H32BrClN2O2S. The fourth-order valence-electron chi connectivity index (χ4n) is 3.71. The molecule has 0 saturated heterocycles. The van der Waals surface area contributed by atoms with Crippen LogP contribution in [0.4, 0.5) is 0 Å². The van der Waals surface area contributed by atoms with E-state index in [1.807, 2.05) is 78.9 Å². The summed E-state index contributed by atoms with van der Waals surface area (Å²) in [4.78, 5) is 28.8. The Labute approximate surface area is 231 Å². The molecule has 2 amide bonds. The van der Waals surface area contributed by atoms with Crippen molar-refractivity contribution in [2.24, 2.45) is 5.92 Å². The topological polar surface area (TPSA) is 49.4 Å². The van der Waals surface area contributed by atoms with Crippen molar-refractivity contribution in [3.05, 3.63) is 105 Å². The number of carbonyl (C=O) groups excluding carboxylic acids is 2. The minimum atomic E-state index is -0.622. The van der Waals surface area contributed by atoms with Gasteiger partial charge in [-0.25, -0.2) is 0 Å². The fraction of sp³-hybridized carbons (Fsp3) is 0.310. The summed E-state index contributed by atoms with van der Waals surface area (Å²) in [5.41, 5.74) is 2.98. The van der Waals surface area contributed by atoms with Crippen LogP contribution in [0.15, 0.2) is 83.3 Å². The third-order valence-corrected chi connectivity index (χ3v) is 7.53. The van der Waals surface area contributed by atoms with Crippen molar-refractivity contribution in [3.8, 4) is 0 Å². The Hall–Kier alpha value is -2.28. The van der Waals surface area contributed by atoms with Gasteiger partial charge in [-0.1, -0.05) is 102 Å². The summed E-state index contributed by atoms with van der Waals surface area (Å²) in [7, 11) is 0. The normalized spacial score (nSPS) is 11.8. The average Bonchev–Trinajstić information content (AvgIpc) is 2.87. The highest BCUT2D eigenvalue weighted by molar-refractivity contribution is 9.10. The molecule has 36 heavy (non-hydrogen) atoms. The van der Waals surface area contributed by atoms with Crippen molar-refractivity contribution in [2.75, 3.05) is 12.3 Å². The summed E-state index contributed by atoms with van der Waals surface area (Å²) >= 11 is 11.3. The number of nitrogens with one attached hydrogen (secondary N) is 1. The molecule has 3 rings (SSSR count). The van der Waals surface area contributed by atoms with Gasteiger partial charge in [-0.2, -0.15) is 0 Å². The van der Waals surface area contributed by atoms with Crippen LogP contribution in [0.25, 0.3) is 0 Å². The quantitative estimate of drug-likeness (QED) is 0.255. The molecule has 0 aromatic heterocycles. The first kappa shape index (κ1) is 28.3. The first-order valence-corrected chi connectivity index (χ1v) is 14.3. The maximum absolute atomic E-state index is 13.6. The molecule has 0 bridgehead atoms. The Kier molecular flexibility index (Phi) is 11.4. The molecule has 4 nitrogen and oxygen atoms in total. The zero-order valence-corrected chi connectivity index (χ0v) is 23.8. The average molecular weight is 588 g/mol. The van der Waals surface area contributed by atoms with Gasteiger partial charge in [0.25, 0.3) is 0 Å².